The van der Waals surface area contributed by atoms with Crippen molar-refractivity contribution in [3.8, 4) is 67.5 Å². The van der Waals surface area contributed by atoms with Gasteiger partial charge in [0, 0.05) is 16.7 Å². The highest BCUT2D eigenvalue weighted by Gasteiger charge is 2.16. The number of nitrogens with zero attached hydrogens (tertiary/aromatic N) is 3. The van der Waals surface area contributed by atoms with E-state index in [0.29, 0.717) is 17.5 Å². The molecule has 0 aliphatic carbocycles. The summed E-state index contributed by atoms with van der Waals surface area (Å²) in [6, 6.07) is 65.9. The molecule has 0 unspecified atom stereocenters. The minimum Gasteiger partial charge on any atom is -0.208 e. The second-order valence-electron chi connectivity index (χ2n) is 12.5. The first-order valence-corrected chi connectivity index (χ1v) is 16.9. The van der Waals surface area contributed by atoms with E-state index in [1.165, 1.54) is 38.8 Å². The van der Waals surface area contributed by atoms with Gasteiger partial charge in [-0.25, -0.2) is 15.0 Å². The van der Waals surface area contributed by atoms with E-state index in [2.05, 4.69) is 170 Å². The molecule has 0 spiro atoms. The molecule has 9 aromatic rings. The van der Waals surface area contributed by atoms with Crippen LogP contribution in [0.5, 0.6) is 0 Å². The van der Waals surface area contributed by atoms with E-state index in [4.69, 9.17) is 15.0 Å². The molecular weight excluding hydrogens is 607 g/mol. The summed E-state index contributed by atoms with van der Waals surface area (Å²) in [5.74, 6) is 1.93. The quantitative estimate of drug-likeness (QED) is 0.182. The Kier molecular flexibility index (Phi) is 7.49. The molecule has 9 rings (SSSR count). The molecule has 234 valence electrons. The molecular formula is C47H31N3. The molecule has 0 aliphatic heterocycles. The van der Waals surface area contributed by atoms with Crippen LogP contribution in [0.3, 0.4) is 0 Å². The summed E-state index contributed by atoms with van der Waals surface area (Å²) in [6.07, 6.45) is 0. The van der Waals surface area contributed by atoms with Crippen LogP contribution >= 0.6 is 0 Å². The molecule has 1 aromatic heterocycles. The summed E-state index contributed by atoms with van der Waals surface area (Å²) in [5.41, 5.74) is 9.95. The second-order valence-corrected chi connectivity index (χ2v) is 12.5. The van der Waals surface area contributed by atoms with Gasteiger partial charge in [0.2, 0.25) is 0 Å². The van der Waals surface area contributed by atoms with Crippen molar-refractivity contribution in [1.82, 2.24) is 15.0 Å². The van der Waals surface area contributed by atoms with E-state index in [1.54, 1.807) is 0 Å². The monoisotopic (exact) mass is 637 g/mol. The molecule has 1 heterocycles. The van der Waals surface area contributed by atoms with Gasteiger partial charge >= 0.3 is 0 Å². The number of aromatic nitrogens is 3. The van der Waals surface area contributed by atoms with E-state index < -0.39 is 0 Å². The Morgan fingerprint density at radius 3 is 1.36 bits per heavy atom. The number of rotatable bonds is 6. The Labute approximate surface area is 291 Å². The SMILES string of the molecule is c1ccc(-c2cc(-c3ccccc3)c3cc(-c4nc(-c5ccccc5)nc(-c5ccc6c(-c7ccccc7)cccc6c5)n4)ccc3c2)cc1. The van der Waals surface area contributed by atoms with Gasteiger partial charge in [-0.3, -0.25) is 0 Å². The van der Waals surface area contributed by atoms with Crippen LogP contribution < -0.4 is 0 Å². The summed E-state index contributed by atoms with van der Waals surface area (Å²) in [6.45, 7) is 0. The fourth-order valence-corrected chi connectivity index (χ4v) is 6.79. The lowest BCUT2D eigenvalue weighted by Crippen LogP contribution is -2.00. The average Bonchev–Trinajstić information content (AvgIpc) is 3.21. The third-order valence-corrected chi connectivity index (χ3v) is 9.30. The lowest BCUT2D eigenvalue weighted by molar-refractivity contribution is 1.08. The Balaban J connectivity index is 1.21. The predicted molar refractivity (Wildman–Crippen MR) is 207 cm³/mol. The van der Waals surface area contributed by atoms with Crippen molar-refractivity contribution in [2.75, 3.05) is 0 Å². The highest BCUT2D eigenvalue weighted by molar-refractivity contribution is 6.02. The maximum atomic E-state index is 5.14. The van der Waals surface area contributed by atoms with E-state index in [0.717, 1.165) is 32.8 Å². The summed E-state index contributed by atoms with van der Waals surface area (Å²) in [4.78, 5) is 15.2. The predicted octanol–water partition coefficient (Wildman–Crippen LogP) is 12.2. The van der Waals surface area contributed by atoms with Crippen molar-refractivity contribution >= 4 is 21.5 Å². The van der Waals surface area contributed by atoms with Gasteiger partial charge < -0.3 is 0 Å². The third-order valence-electron chi connectivity index (χ3n) is 9.30. The van der Waals surface area contributed by atoms with E-state index >= 15 is 0 Å². The molecule has 0 atom stereocenters. The zero-order valence-electron chi connectivity index (χ0n) is 27.2. The molecule has 0 bridgehead atoms. The lowest BCUT2D eigenvalue weighted by atomic mass is 9.92. The van der Waals surface area contributed by atoms with Crippen molar-refractivity contribution < 1.29 is 0 Å². The van der Waals surface area contributed by atoms with E-state index in [-0.39, 0.29) is 0 Å². The largest absolute Gasteiger partial charge is 0.208 e. The first kappa shape index (κ1) is 29.4. The molecule has 0 radical (unpaired) electrons. The van der Waals surface area contributed by atoms with Crippen LogP contribution in [0.15, 0.2) is 188 Å². The van der Waals surface area contributed by atoms with Crippen LogP contribution in [0.4, 0.5) is 0 Å². The third kappa shape index (κ3) is 5.61. The summed E-state index contributed by atoms with van der Waals surface area (Å²) in [5, 5.41) is 4.64. The fraction of sp³-hybridized carbons (Fsp3) is 0. The highest BCUT2D eigenvalue weighted by Crippen LogP contribution is 2.37. The Bertz CT molecular complexity index is 2620. The first-order valence-electron chi connectivity index (χ1n) is 16.9. The molecule has 0 N–H and O–H groups in total. The van der Waals surface area contributed by atoms with Crippen molar-refractivity contribution in [2.24, 2.45) is 0 Å². The Morgan fingerprint density at radius 1 is 0.240 bits per heavy atom. The smallest absolute Gasteiger partial charge is 0.164 e. The van der Waals surface area contributed by atoms with Crippen LogP contribution in [0.25, 0.3) is 89.1 Å². The zero-order chi connectivity index (χ0) is 33.3. The van der Waals surface area contributed by atoms with Crippen LogP contribution in [0.1, 0.15) is 0 Å². The van der Waals surface area contributed by atoms with Gasteiger partial charge in [-0.1, -0.05) is 164 Å². The summed E-state index contributed by atoms with van der Waals surface area (Å²) >= 11 is 0. The molecule has 0 aliphatic rings. The van der Waals surface area contributed by atoms with Crippen molar-refractivity contribution in [1.29, 1.82) is 0 Å². The minimum atomic E-state index is 0.639. The second kappa shape index (κ2) is 12.7. The zero-order valence-corrected chi connectivity index (χ0v) is 27.2. The number of fused-ring (bicyclic) bond motifs is 2. The maximum absolute atomic E-state index is 5.14. The van der Waals surface area contributed by atoms with Gasteiger partial charge in [0.05, 0.1) is 0 Å². The van der Waals surface area contributed by atoms with Crippen molar-refractivity contribution in [3.05, 3.63) is 188 Å². The van der Waals surface area contributed by atoms with Gasteiger partial charge in [0.15, 0.2) is 17.5 Å². The molecule has 8 aromatic carbocycles. The van der Waals surface area contributed by atoms with Crippen molar-refractivity contribution in [2.45, 2.75) is 0 Å². The number of hydrogen-bond acceptors (Lipinski definition) is 3. The lowest BCUT2D eigenvalue weighted by Gasteiger charge is -2.14. The Morgan fingerprint density at radius 2 is 0.720 bits per heavy atom. The maximum Gasteiger partial charge on any atom is 0.164 e. The molecule has 50 heavy (non-hydrogen) atoms. The molecule has 3 nitrogen and oxygen atoms in total. The average molecular weight is 638 g/mol. The fourth-order valence-electron chi connectivity index (χ4n) is 6.79. The van der Waals surface area contributed by atoms with Gasteiger partial charge in [-0.05, 0) is 79.2 Å². The topological polar surface area (TPSA) is 38.7 Å². The van der Waals surface area contributed by atoms with Gasteiger partial charge in [0.1, 0.15) is 0 Å². The molecule has 3 heteroatoms. The number of benzene rings is 8. The van der Waals surface area contributed by atoms with Crippen molar-refractivity contribution in [3.63, 3.8) is 0 Å². The normalized spacial score (nSPS) is 11.2. The van der Waals surface area contributed by atoms with Crippen LogP contribution in [0.2, 0.25) is 0 Å². The standard InChI is InChI=1S/C47H31N3/c1-5-14-32(15-6-1)40-29-37-24-25-39(30-44(37)43(31-40)34-18-9-3-10-19-34)47-49-45(35-20-11-4-12-21-35)48-46(50-47)38-26-27-42-36(28-38)22-13-23-41(42)33-16-7-2-8-17-33/h1-31H. The van der Waals surface area contributed by atoms with Gasteiger partial charge in [-0.15, -0.1) is 0 Å². The van der Waals surface area contributed by atoms with E-state index in [9.17, 15) is 0 Å². The Hall–Kier alpha value is -6.71. The van der Waals surface area contributed by atoms with Crippen LogP contribution in [-0.4, -0.2) is 15.0 Å². The van der Waals surface area contributed by atoms with Crippen LogP contribution in [-0.2, 0) is 0 Å². The highest BCUT2D eigenvalue weighted by atomic mass is 15.0. The molecule has 0 saturated heterocycles. The van der Waals surface area contributed by atoms with Crippen LogP contribution in [0, 0.1) is 0 Å². The first-order chi connectivity index (χ1) is 24.8. The van der Waals surface area contributed by atoms with Gasteiger partial charge in [-0.2, -0.15) is 0 Å². The molecule has 0 saturated carbocycles. The molecule has 0 amide bonds. The molecule has 0 fully saturated rings. The summed E-state index contributed by atoms with van der Waals surface area (Å²) in [7, 11) is 0. The summed E-state index contributed by atoms with van der Waals surface area (Å²) < 4.78 is 0. The van der Waals surface area contributed by atoms with E-state index in [1.807, 2.05) is 18.2 Å². The number of hydrogen-bond donors (Lipinski definition) is 0. The minimum absolute atomic E-state index is 0.639. The van der Waals surface area contributed by atoms with Gasteiger partial charge in [0.25, 0.3) is 0 Å².